The number of rotatable bonds is 8. The molecule has 10 N–H and O–H groups in total. The lowest BCUT2D eigenvalue weighted by Crippen LogP contribution is -2.55. The van der Waals surface area contributed by atoms with Crippen molar-refractivity contribution in [3.63, 3.8) is 0 Å². The lowest BCUT2D eigenvalue weighted by molar-refractivity contribution is -0.232. The van der Waals surface area contributed by atoms with Gasteiger partial charge in [0, 0.05) is 12.1 Å². The van der Waals surface area contributed by atoms with Gasteiger partial charge >= 0.3 is 0 Å². The van der Waals surface area contributed by atoms with E-state index in [0.717, 1.165) is 12.1 Å². The van der Waals surface area contributed by atoms with Crippen LogP contribution >= 0.6 is 0 Å². The standard InChI is InChI=1S/C36H32O15/c37-14-25-29(43)33(47)34(48)35(51-25)28-30(44)27(20(40)10-3-15-1-6-17(38)7-2-15)31(45)36(32(28)46)49-19-8-4-16(5-9-19)23-13-22(42)26-21(41)11-18(39)12-24(26)50-23/h1-12,23,25,29,33-35,37-39,41,43-48H,13-14H2/t23-,25-,29-,33+,34+,35+/m0/s1. The first-order chi connectivity index (χ1) is 24.3. The minimum atomic E-state index is -2.01. The van der Waals surface area contributed by atoms with Crippen LogP contribution in [0.1, 0.15) is 56.0 Å². The third-order valence-corrected chi connectivity index (χ3v) is 8.61. The van der Waals surface area contributed by atoms with Crippen molar-refractivity contribution >= 4 is 17.6 Å². The van der Waals surface area contributed by atoms with Crippen LogP contribution in [0.15, 0.2) is 66.7 Å². The van der Waals surface area contributed by atoms with Gasteiger partial charge in [0.15, 0.2) is 23.1 Å². The molecule has 0 spiro atoms. The van der Waals surface area contributed by atoms with Crippen molar-refractivity contribution in [3.8, 4) is 51.7 Å². The molecule has 0 aliphatic carbocycles. The molecule has 51 heavy (non-hydrogen) atoms. The molecular weight excluding hydrogens is 672 g/mol. The van der Waals surface area contributed by atoms with Gasteiger partial charge in [0.1, 0.15) is 82.2 Å². The third-order valence-electron chi connectivity index (χ3n) is 8.61. The molecule has 0 amide bonds. The van der Waals surface area contributed by atoms with Crippen LogP contribution in [-0.2, 0) is 4.74 Å². The number of carbonyl (C=O) groups is 2. The quantitative estimate of drug-likeness (QED) is 0.0934. The summed E-state index contributed by atoms with van der Waals surface area (Å²) in [5, 5.41) is 105. The number of aliphatic hydroxyl groups is 4. The number of Topliss-reactive ketones (excluding diaryl/α,β-unsaturated/α-hetero) is 1. The molecule has 2 aliphatic rings. The summed E-state index contributed by atoms with van der Waals surface area (Å²) < 4.78 is 17.2. The highest BCUT2D eigenvalue weighted by Crippen LogP contribution is 2.54. The van der Waals surface area contributed by atoms with Crippen LogP contribution in [0.4, 0.5) is 0 Å². The maximum Gasteiger partial charge on any atom is 0.212 e. The predicted molar refractivity (Wildman–Crippen MR) is 174 cm³/mol. The Morgan fingerprint density at radius 2 is 1.51 bits per heavy atom. The number of fused-ring (bicyclic) bond motifs is 1. The number of allylic oxidation sites excluding steroid dienone is 1. The van der Waals surface area contributed by atoms with Crippen molar-refractivity contribution in [2.24, 2.45) is 0 Å². The van der Waals surface area contributed by atoms with Crippen molar-refractivity contribution < 1.29 is 74.9 Å². The third kappa shape index (κ3) is 6.59. The van der Waals surface area contributed by atoms with E-state index >= 15 is 0 Å². The van der Waals surface area contributed by atoms with E-state index in [2.05, 4.69) is 0 Å². The Bertz CT molecular complexity index is 2000. The molecule has 266 valence electrons. The molecule has 4 aromatic rings. The molecule has 0 bridgehead atoms. The number of carbonyl (C=O) groups excluding carboxylic acids is 2. The van der Waals surface area contributed by atoms with Crippen LogP contribution in [0.25, 0.3) is 6.08 Å². The fraction of sp³-hybridized carbons (Fsp3) is 0.222. The Balaban J connectivity index is 1.37. The first-order valence-corrected chi connectivity index (χ1v) is 15.4. The minimum Gasteiger partial charge on any atom is -0.508 e. The summed E-state index contributed by atoms with van der Waals surface area (Å²) in [4.78, 5) is 26.2. The highest BCUT2D eigenvalue weighted by atomic mass is 16.5. The first-order valence-electron chi connectivity index (χ1n) is 15.4. The number of ether oxygens (including phenoxy) is 3. The van der Waals surface area contributed by atoms with E-state index in [1.54, 1.807) is 0 Å². The van der Waals surface area contributed by atoms with Gasteiger partial charge in [-0.1, -0.05) is 30.3 Å². The summed E-state index contributed by atoms with van der Waals surface area (Å²) in [6.45, 7) is -0.845. The Hall–Kier alpha value is -5.84. The summed E-state index contributed by atoms with van der Waals surface area (Å²) >= 11 is 0. The molecule has 6 rings (SSSR count). The van der Waals surface area contributed by atoms with Crippen LogP contribution in [0, 0.1) is 0 Å². The van der Waals surface area contributed by atoms with E-state index in [1.165, 1.54) is 60.7 Å². The lowest BCUT2D eigenvalue weighted by Gasteiger charge is -2.40. The highest BCUT2D eigenvalue weighted by molar-refractivity contribution is 6.11. The Morgan fingerprint density at radius 1 is 0.824 bits per heavy atom. The number of hydrogen-bond acceptors (Lipinski definition) is 15. The average Bonchev–Trinajstić information content (AvgIpc) is 3.09. The summed E-state index contributed by atoms with van der Waals surface area (Å²) in [6, 6.07) is 13.6. The molecule has 2 aliphatic heterocycles. The van der Waals surface area contributed by atoms with Gasteiger partial charge in [0.05, 0.1) is 18.6 Å². The zero-order valence-electron chi connectivity index (χ0n) is 26.3. The average molecular weight is 705 g/mol. The molecular formula is C36H32O15. The van der Waals surface area contributed by atoms with Crippen molar-refractivity contribution in [3.05, 3.63) is 94.6 Å². The molecule has 4 aromatic carbocycles. The van der Waals surface area contributed by atoms with Crippen LogP contribution in [0.2, 0.25) is 0 Å². The number of benzene rings is 4. The van der Waals surface area contributed by atoms with Gasteiger partial charge in [-0.3, -0.25) is 9.59 Å². The molecule has 1 saturated heterocycles. The van der Waals surface area contributed by atoms with Crippen molar-refractivity contribution in [1.82, 2.24) is 0 Å². The van der Waals surface area contributed by atoms with E-state index < -0.39 is 94.7 Å². The van der Waals surface area contributed by atoms with E-state index in [4.69, 9.17) is 14.2 Å². The number of hydrogen-bond donors (Lipinski definition) is 10. The van der Waals surface area contributed by atoms with Gasteiger partial charge in [-0.05, 0) is 41.5 Å². The van der Waals surface area contributed by atoms with E-state index in [-0.39, 0.29) is 35.0 Å². The first kappa shape index (κ1) is 35.0. The van der Waals surface area contributed by atoms with Gasteiger partial charge in [0.25, 0.3) is 0 Å². The summed E-state index contributed by atoms with van der Waals surface area (Å²) in [7, 11) is 0. The fourth-order valence-corrected chi connectivity index (χ4v) is 5.97. The monoisotopic (exact) mass is 704 g/mol. The summed E-state index contributed by atoms with van der Waals surface area (Å²) in [5.74, 6) is -6.18. The second-order valence-electron chi connectivity index (χ2n) is 11.9. The number of phenolic OH excluding ortho intramolecular Hbond substituents is 6. The van der Waals surface area contributed by atoms with E-state index in [0.29, 0.717) is 11.1 Å². The molecule has 2 heterocycles. The molecule has 15 nitrogen and oxygen atoms in total. The Labute approximate surface area is 288 Å². The largest absolute Gasteiger partial charge is 0.508 e. The fourth-order valence-electron chi connectivity index (χ4n) is 5.97. The second-order valence-corrected chi connectivity index (χ2v) is 11.9. The maximum absolute atomic E-state index is 13.5. The van der Waals surface area contributed by atoms with E-state index in [9.17, 15) is 60.7 Å². The molecule has 0 saturated carbocycles. The van der Waals surface area contributed by atoms with Crippen molar-refractivity contribution in [2.75, 3.05) is 6.61 Å². The number of phenols is 6. The van der Waals surface area contributed by atoms with E-state index in [1.807, 2.05) is 0 Å². The summed E-state index contributed by atoms with van der Waals surface area (Å²) in [6.07, 6.45) is -7.79. The topological polar surface area (TPSA) is 264 Å². The SMILES string of the molecule is O=C1C[C@@H](c2ccc(Oc3c(O)c(C(=O)C=Cc4ccc(O)cc4)c(O)c([C@H]4O[C@@H](CO)[C@H](O)[C@@H](O)[C@H]4O)c3O)cc2)Oc2cc(O)cc(O)c21. The molecule has 0 unspecified atom stereocenters. The maximum atomic E-state index is 13.5. The van der Waals surface area contributed by atoms with Crippen LogP contribution in [0.5, 0.6) is 51.7 Å². The second kappa shape index (κ2) is 13.8. The van der Waals surface area contributed by atoms with Crippen LogP contribution in [0.3, 0.4) is 0 Å². The molecule has 15 heteroatoms. The van der Waals surface area contributed by atoms with Gasteiger partial charge in [0.2, 0.25) is 5.75 Å². The summed E-state index contributed by atoms with van der Waals surface area (Å²) in [5.41, 5.74) is -0.676. The molecule has 1 fully saturated rings. The Kier molecular flexibility index (Phi) is 9.48. The number of aromatic hydroxyl groups is 6. The zero-order valence-corrected chi connectivity index (χ0v) is 26.3. The van der Waals surface area contributed by atoms with Gasteiger partial charge in [-0.25, -0.2) is 0 Å². The number of aliphatic hydroxyl groups excluding tert-OH is 4. The van der Waals surface area contributed by atoms with Crippen LogP contribution < -0.4 is 9.47 Å². The van der Waals surface area contributed by atoms with Gasteiger partial charge in [-0.2, -0.15) is 0 Å². The van der Waals surface area contributed by atoms with Gasteiger partial charge < -0.3 is 65.3 Å². The minimum absolute atomic E-state index is 0.0228. The van der Waals surface area contributed by atoms with Crippen molar-refractivity contribution in [1.29, 1.82) is 0 Å². The molecule has 0 radical (unpaired) electrons. The highest BCUT2D eigenvalue weighted by Gasteiger charge is 2.47. The predicted octanol–water partition coefficient (Wildman–Crippen LogP) is 2.83. The lowest BCUT2D eigenvalue weighted by atomic mass is 9.88. The smallest absolute Gasteiger partial charge is 0.212 e. The Morgan fingerprint density at radius 3 is 2.18 bits per heavy atom. The normalized spacial score (nSPS) is 23.1. The van der Waals surface area contributed by atoms with Crippen molar-refractivity contribution in [2.45, 2.75) is 43.0 Å². The molecule has 0 aromatic heterocycles. The zero-order chi connectivity index (χ0) is 36.7. The van der Waals surface area contributed by atoms with Gasteiger partial charge in [-0.15, -0.1) is 0 Å². The molecule has 6 atom stereocenters. The number of ketones is 2. The van der Waals surface area contributed by atoms with Crippen LogP contribution in [-0.4, -0.2) is 93.7 Å².